The van der Waals surface area contributed by atoms with E-state index >= 15 is 0 Å². The van der Waals surface area contributed by atoms with Crippen molar-refractivity contribution in [2.75, 3.05) is 13.2 Å². The first-order valence-electron chi connectivity index (χ1n) is 8.42. The molecule has 26 heavy (non-hydrogen) atoms. The monoisotopic (exact) mass is 378 g/mol. The lowest BCUT2D eigenvalue weighted by molar-refractivity contribution is -0.135. The summed E-state index contributed by atoms with van der Waals surface area (Å²) in [5, 5.41) is 0. The van der Waals surface area contributed by atoms with Crippen LogP contribution in [0.15, 0.2) is 54.6 Å². The van der Waals surface area contributed by atoms with Crippen LogP contribution in [0.4, 0.5) is 0 Å². The van der Waals surface area contributed by atoms with E-state index in [2.05, 4.69) is 0 Å². The fourth-order valence-electron chi connectivity index (χ4n) is 2.17. The number of carbonyl (C=O) groups is 1. The van der Waals surface area contributed by atoms with Gasteiger partial charge in [-0.3, -0.25) is 13.8 Å². The average molecular weight is 378 g/mol. The average Bonchev–Trinajstić information content (AvgIpc) is 2.62. The van der Waals surface area contributed by atoms with E-state index in [9.17, 15) is 9.36 Å². The van der Waals surface area contributed by atoms with Crippen LogP contribution in [0.2, 0.25) is 0 Å². The summed E-state index contributed by atoms with van der Waals surface area (Å²) < 4.78 is 32.7. The van der Waals surface area contributed by atoms with Crippen molar-refractivity contribution in [3.63, 3.8) is 0 Å². The summed E-state index contributed by atoms with van der Waals surface area (Å²) >= 11 is 0. The Labute approximate surface area is 153 Å². The number of benzene rings is 2. The van der Waals surface area contributed by atoms with Gasteiger partial charge in [-0.1, -0.05) is 42.5 Å². The van der Waals surface area contributed by atoms with Crippen molar-refractivity contribution in [1.82, 2.24) is 0 Å². The maximum absolute atomic E-state index is 12.2. The molecule has 2 aromatic rings. The van der Waals surface area contributed by atoms with Gasteiger partial charge < -0.3 is 9.26 Å². The molecule has 0 unspecified atom stereocenters. The van der Waals surface area contributed by atoms with E-state index < -0.39 is 13.8 Å². The highest BCUT2D eigenvalue weighted by molar-refractivity contribution is 7.49. The van der Waals surface area contributed by atoms with Gasteiger partial charge >= 0.3 is 13.8 Å². The first kappa shape index (κ1) is 20.2. The van der Waals surface area contributed by atoms with Gasteiger partial charge in [0.05, 0.1) is 19.6 Å². The Morgan fingerprint density at radius 3 is 2.08 bits per heavy atom. The molecule has 0 aromatic heterocycles. The van der Waals surface area contributed by atoms with Crippen LogP contribution in [0.3, 0.4) is 0 Å². The van der Waals surface area contributed by atoms with Crippen molar-refractivity contribution in [2.24, 2.45) is 0 Å². The molecule has 0 fully saturated rings. The molecule has 0 saturated heterocycles. The summed E-state index contributed by atoms with van der Waals surface area (Å²) in [6.07, 6.45) is -0.0386. The maximum Gasteiger partial charge on any atom is 0.532 e. The lowest BCUT2D eigenvalue weighted by atomic mass is 10.1. The van der Waals surface area contributed by atoms with Crippen LogP contribution in [-0.4, -0.2) is 19.2 Å². The van der Waals surface area contributed by atoms with E-state index in [1.165, 1.54) is 0 Å². The van der Waals surface area contributed by atoms with Crippen molar-refractivity contribution in [3.05, 3.63) is 65.7 Å². The van der Waals surface area contributed by atoms with E-state index in [1.807, 2.05) is 30.3 Å². The summed E-state index contributed by atoms with van der Waals surface area (Å²) in [6.45, 7) is 4.01. The molecule has 0 aliphatic heterocycles. The Morgan fingerprint density at radius 1 is 0.885 bits per heavy atom. The number of hydrogen-bond donors (Lipinski definition) is 0. The van der Waals surface area contributed by atoms with E-state index in [0.717, 1.165) is 5.56 Å². The lowest BCUT2D eigenvalue weighted by Gasteiger charge is -2.15. The summed E-state index contributed by atoms with van der Waals surface area (Å²) in [5.41, 5.74) is 1.78. The van der Waals surface area contributed by atoms with Gasteiger partial charge in [0.1, 0.15) is 12.4 Å². The van der Waals surface area contributed by atoms with Crippen LogP contribution in [0.5, 0.6) is 5.75 Å². The Morgan fingerprint density at radius 2 is 1.50 bits per heavy atom. The van der Waals surface area contributed by atoms with Crippen molar-refractivity contribution in [2.45, 2.75) is 26.9 Å². The molecule has 2 rings (SSSR count). The molecule has 0 N–H and O–H groups in total. The molecule has 140 valence electrons. The van der Waals surface area contributed by atoms with Crippen LogP contribution in [0.25, 0.3) is 0 Å². The second-order valence-corrected chi connectivity index (χ2v) is 6.93. The number of hydrogen-bond acceptors (Lipinski definition) is 6. The normalized spacial score (nSPS) is 11.2. The third kappa shape index (κ3) is 6.64. The summed E-state index contributed by atoms with van der Waals surface area (Å²) in [6, 6.07) is 16.9. The number of ether oxygens (including phenoxy) is 1. The zero-order valence-electron chi connectivity index (χ0n) is 14.9. The predicted molar refractivity (Wildman–Crippen MR) is 97.9 cm³/mol. The predicted octanol–water partition coefficient (Wildman–Crippen LogP) is 4.53. The van der Waals surface area contributed by atoms with Crippen LogP contribution in [0, 0.1) is 0 Å². The fraction of sp³-hybridized carbons (Fsp3) is 0.316. The van der Waals surface area contributed by atoms with Crippen molar-refractivity contribution in [1.29, 1.82) is 0 Å². The number of phosphoric acid groups is 1. The minimum atomic E-state index is -3.84. The van der Waals surface area contributed by atoms with E-state index in [4.69, 9.17) is 18.3 Å². The van der Waals surface area contributed by atoms with Gasteiger partial charge in [0.2, 0.25) is 0 Å². The standard InChI is InChI=1S/C19H23O6P/c1-3-23-26(21,24-4-2)25-19(20)14-16-10-12-18(13-11-16)22-15-17-8-6-5-7-9-17/h5-13H,3-4,14-15H2,1-2H3. The topological polar surface area (TPSA) is 71.1 Å². The largest absolute Gasteiger partial charge is 0.532 e. The third-order valence-electron chi connectivity index (χ3n) is 3.31. The van der Waals surface area contributed by atoms with Crippen molar-refractivity contribution in [3.8, 4) is 5.75 Å². The molecule has 0 radical (unpaired) electrons. The van der Waals surface area contributed by atoms with Crippen molar-refractivity contribution < 1.29 is 27.7 Å². The Hall–Kier alpha value is -2.14. The maximum atomic E-state index is 12.2. The van der Waals surface area contributed by atoms with E-state index in [1.54, 1.807) is 38.1 Å². The number of carbonyl (C=O) groups excluding carboxylic acids is 1. The van der Waals surface area contributed by atoms with Gasteiger partial charge in [0.15, 0.2) is 0 Å². The molecule has 0 spiro atoms. The molecular weight excluding hydrogens is 355 g/mol. The molecule has 0 heterocycles. The molecular formula is C19H23O6P. The Bertz CT molecular complexity index is 719. The molecule has 0 atom stereocenters. The highest BCUT2D eigenvalue weighted by Crippen LogP contribution is 2.49. The SMILES string of the molecule is CCOP(=O)(OCC)OC(=O)Cc1ccc(OCc2ccccc2)cc1. The molecule has 0 saturated carbocycles. The second kappa shape index (κ2) is 10.1. The van der Waals surface area contributed by atoms with Crippen LogP contribution in [0.1, 0.15) is 25.0 Å². The zero-order valence-corrected chi connectivity index (χ0v) is 15.8. The summed E-state index contributed by atoms with van der Waals surface area (Å²) in [7, 11) is -3.84. The summed E-state index contributed by atoms with van der Waals surface area (Å²) in [4.78, 5) is 12.0. The van der Waals surface area contributed by atoms with Gasteiger partial charge in [0, 0.05) is 0 Å². The van der Waals surface area contributed by atoms with Crippen LogP contribution >= 0.6 is 7.82 Å². The highest BCUT2D eigenvalue weighted by atomic mass is 31.2. The second-order valence-electron chi connectivity index (χ2n) is 5.34. The molecule has 6 nitrogen and oxygen atoms in total. The van der Waals surface area contributed by atoms with Gasteiger partial charge in [-0.15, -0.1) is 0 Å². The van der Waals surface area contributed by atoms with Gasteiger partial charge in [0.25, 0.3) is 0 Å². The first-order chi connectivity index (χ1) is 12.5. The van der Waals surface area contributed by atoms with E-state index in [-0.39, 0.29) is 19.6 Å². The molecule has 7 heteroatoms. The zero-order chi connectivity index (χ0) is 18.8. The van der Waals surface area contributed by atoms with Crippen LogP contribution < -0.4 is 4.74 Å². The van der Waals surface area contributed by atoms with Gasteiger partial charge in [-0.05, 0) is 37.1 Å². The fourth-order valence-corrected chi connectivity index (χ4v) is 3.30. The first-order valence-corrected chi connectivity index (χ1v) is 9.88. The molecule has 0 aliphatic rings. The molecule has 2 aromatic carbocycles. The quantitative estimate of drug-likeness (QED) is 0.566. The minimum Gasteiger partial charge on any atom is -0.489 e. The lowest BCUT2D eigenvalue weighted by Crippen LogP contribution is -2.10. The highest BCUT2D eigenvalue weighted by Gasteiger charge is 2.29. The van der Waals surface area contributed by atoms with Crippen molar-refractivity contribution >= 4 is 13.8 Å². The number of rotatable bonds is 10. The van der Waals surface area contributed by atoms with Crippen LogP contribution in [-0.2, 0) is 36.0 Å². The number of phosphoric ester groups is 1. The molecule has 0 bridgehead atoms. The summed E-state index contributed by atoms with van der Waals surface area (Å²) in [5.74, 6) is 0.0217. The Balaban J connectivity index is 1.87. The van der Waals surface area contributed by atoms with Gasteiger partial charge in [-0.2, -0.15) is 0 Å². The van der Waals surface area contributed by atoms with E-state index in [0.29, 0.717) is 17.9 Å². The van der Waals surface area contributed by atoms with Gasteiger partial charge in [-0.25, -0.2) is 4.57 Å². The minimum absolute atomic E-state index is 0.0386. The third-order valence-corrected chi connectivity index (χ3v) is 4.88. The molecule has 0 aliphatic carbocycles. The smallest absolute Gasteiger partial charge is 0.489 e. The Kier molecular flexibility index (Phi) is 7.85. The molecule has 0 amide bonds.